The van der Waals surface area contributed by atoms with E-state index in [4.69, 9.17) is 11.6 Å². The number of nitrogens with one attached hydrogen (secondary N) is 1. The van der Waals surface area contributed by atoms with Crippen molar-refractivity contribution in [3.8, 4) is 0 Å². The fourth-order valence-corrected chi connectivity index (χ4v) is 2.99. The highest BCUT2D eigenvalue weighted by Gasteiger charge is 2.22. The lowest BCUT2D eigenvalue weighted by Crippen LogP contribution is -2.28. The number of thiophene rings is 1. The SMILES string of the molecule is O=C(O)C(NCc1cccs1)c1cc(Cl)ccc1Br. The minimum absolute atomic E-state index is 0.508. The quantitative estimate of drug-likeness (QED) is 0.844. The molecule has 0 spiro atoms. The Balaban J connectivity index is 2.20. The molecule has 100 valence electrons. The molecule has 0 fully saturated rings. The largest absolute Gasteiger partial charge is 0.480 e. The summed E-state index contributed by atoms with van der Waals surface area (Å²) in [6.07, 6.45) is 0. The predicted molar refractivity (Wildman–Crippen MR) is 80.7 cm³/mol. The normalized spacial score (nSPS) is 12.3. The third-order valence-electron chi connectivity index (χ3n) is 2.58. The van der Waals surface area contributed by atoms with E-state index in [1.54, 1.807) is 29.5 Å². The highest BCUT2D eigenvalue weighted by atomic mass is 79.9. The lowest BCUT2D eigenvalue weighted by molar-refractivity contribution is -0.139. The van der Waals surface area contributed by atoms with Crippen molar-refractivity contribution in [1.29, 1.82) is 0 Å². The minimum Gasteiger partial charge on any atom is -0.480 e. The van der Waals surface area contributed by atoms with Crippen molar-refractivity contribution in [1.82, 2.24) is 5.32 Å². The monoisotopic (exact) mass is 359 g/mol. The van der Waals surface area contributed by atoms with E-state index in [9.17, 15) is 9.90 Å². The van der Waals surface area contributed by atoms with E-state index in [1.165, 1.54) is 0 Å². The number of hydrogen-bond acceptors (Lipinski definition) is 3. The van der Waals surface area contributed by atoms with Gasteiger partial charge in [0.2, 0.25) is 0 Å². The molecule has 0 aliphatic heterocycles. The fraction of sp³-hybridized carbons (Fsp3) is 0.154. The molecule has 1 aromatic heterocycles. The van der Waals surface area contributed by atoms with Crippen LogP contribution in [0.25, 0.3) is 0 Å². The Labute approximate surface area is 128 Å². The van der Waals surface area contributed by atoms with Gasteiger partial charge in [-0.3, -0.25) is 10.1 Å². The van der Waals surface area contributed by atoms with Crippen LogP contribution in [0.5, 0.6) is 0 Å². The van der Waals surface area contributed by atoms with Gasteiger partial charge in [-0.15, -0.1) is 11.3 Å². The van der Waals surface area contributed by atoms with Gasteiger partial charge in [0, 0.05) is 20.9 Å². The second-order valence-electron chi connectivity index (χ2n) is 3.90. The van der Waals surface area contributed by atoms with E-state index < -0.39 is 12.0 Å². The average molecular weight is 361 g/mol. The van der Waals surface area contributed by atoms with Gasteiger partial charge in [0.15, 0.2) is 0 Å². The van der Waals surface area contributed by atoms with Crippen LogP contribution in [-0.4, -0.2) is 11.1 Å². The molecule has 3 nitrogen and oxygen atoms in total. The first kappa shape index (κ1) is 14.5. The predicted octanol–water partition coefficient (Wildman–Crippen LogP) is 4.08. The van der Waals surface area contributed by atoms with E-state index >= 15 is 0 Å². The van der Waals surface area contributed by atoms with E-state index in [0.717, 1.165) is 9.35 Å². The Bertz CT molecular complexity index is 574. The highest BCUT2D eigenvalue weighted by molar-refractivity contribution is 9.10. The molecule has 2 N–H and O–H groups in total. The van der Waals surface area contributed by atoms with Crippen LogP contribution in [0.4, 0.5) is 0 Å². The van der Waals surface area contributed by atoms with Gasteiger partial charge in [0.1, 0.15) is 6.04 Å². The van der Waals surface area contributed by atoms with Crippen molar-refractivity contribution >= 4 is 44.8 Å². The van der Waals surface area contributed by atoms with Crippen LogP contribution in [0.15, 0.2) is 40.2 Å². The van der Waals surface area contributed by atoms with Gasteiger partial charge in [-0.2, -0.15) is 0 Å². The molecule has 1 unspecified atom stereocenters. The highest BCUT2D eigenvalue weighted by Crippen LogP contribution is 2.27. The van der Waals surface area contributed by atoms with Crippen molar-refractivity contribution in [3.05, 3.63) is 55.6 Å². The summed E-state index contributed by atoms with van der Waals surface area (Å²) >= 11 is 10.9. The maximum absolute atomic E-state index is 11.4. The molecule has 19 heavy (non-hydrogen) atoms. The van der Waals surface area contributed by atoms with E-state index in [1.807, 2.05) is 17.5 Å². The number of carboxylic acid groups (broad SMARTS) is 1. The molecule has 0 saturated carbocycles. The Morgan fingerprint density at radius 2 is 2.26 bits per heavy atom. The Kier molecular flexibility index (Phi) is 4.99. The first-order valence-electron chi connectivity index (χ1n) is 5.51. The summed E-state index contributed by atoms with van der Waals surface area (Å²) in [5.74, 6) is -0.931. The van der Waals surface area contributed by atoms with E-state index in [0.29, 0.717) is 17.1 Å². The molecule has 0 amide bonds. The molecule has 1 heterocycles. The number of aliphatic carboxylic acids is 1. The summed E-state index contributed by atoms with van der Waals surface area (Å²) in [6.45, 7) is 0.508. The average Bonchev–Trinajstić information content (AvgIpc) is 2.86. The molecule has 0 bridgehead atoms. The number of rotatable bonds is 5. The summed E-state index contributed by atoms with van der Waals surface area (Å²) in [4.78, 5) is 12.5. The number of benzene rings is 1. The van der Waals surface area contributed by atoms with E-state index in [2.05, 4.69) is 21.2 Å². The Hall–Kier alpha value is -0.880. The van der Waals surface area contributed by atoms with Crippen LogP contribution < -0.4 is 5.32 Å². The molecule has 0 saturated heterocycles. The number of carbonyl (C=O) groups is 1. The van der Waals surface area contributed by atoms with Crippen molar-refractivity contribution < 1.29 is 9.90 Å². The number of halogens is 2. The lowest BCUT2D eigenvalue weighted by Gasteiger charge is -2.16. The molecule has 0 radical (unpaired) electrons. The first-order chi connectivity index (χ1) is 9.08. The second kappa shape index (κ2) is 6.52. The summed E-state index contributed by atoms with van der Waals surface area (Å²) in [5.41, 5.74) is 0.622. The van der Waals surface area contributed by atoms with Gasteiger partial charge in [-0.05, 0) is 35.2 Å². The topological polar surface area (TPSA) is 49.3 Å². The van der Waals surface area contributed by atoms with Crippen LogP contribution >= 0.6 is 38.9 Å². The molecule has 1 atom stereocenters. The summed E-state index contributed by atoms with van der Waals surface area (Å²) in [7, 11) is 0. The molecule has 2 rings (SSSR count). The van der Waals surface area contributed by atoms with Gasteiger partial charge in [0.05, 0.1) is 0 Å². The van der Waals surface area contributed by atoms with Crippen molar-refractivity contribution in [3.63, 3.8) is 0 Å². The van der Waals surface area contributed by atoms with Gasteiger partial charge < -0.3 is 5.11 Å². The summed E-state index contributed by atoms with van der Waals surface area (Å²) < 4.78 is 0.725. The first-order valence-corrected chi connectivity index (χ1v) is 7.56. The van der Waals surface area contributed by atoms with Crippen LogP contribution in [0.3, 0.4) is 0 Å². The van der Waals surface area contributed by atoms with E-state index in [-0.39, 0.29) is 0 Å². The van der Waals surface area contributed by atoms with Gasteiger partial charge in [-0.1, -0.05) is 33.6 Å². The van der Waals surface area contributed by atoms with Crippen LogP contribution in [0, 0.1) is 0 Å². The maximum atomic E-state index is 11.4. The van der Waals surface area contributed by atoms with Gasteiger partial charge in [-0.25, -0.2) is 0 Å². The number of hydrogen-bond donors (Lipinski definition) is 2. The van der Waals surface area contributed by atoms with Gasteiger partial charge in [0.25, 0.3) is 0 Å². The van der Waals surface area contributed by atoms with Crippen molar-refractivity contribution in [2.75, 3.05) is 0 Å². The standard InChI is InChI=1S/C13H11BrClNO2S/c14-11-4-3-8(15)6-10(11)12(13(17)18)16-7-9-2-1-5-19-9/h1-6,12,16H,7H2,(H,17,18). The molecule has 6 heteroatoms. The smallest absolute Gasteiger partial charge is 0.325 e. The maximum Gasteiger partial charge on any atom is 0.325 e. The zero-order valence-electron chi connectivity index (χ0n) is 9.77. The minimum atomic E-state index is -0.931. The van der Waals surface area contributed by atoms with Crippen molar-refractivity contribution in [2.24, 2.45) is 0 Å². The second-order valence-corrected chi connectivity index (χ2v) is 6.22. The molecular formula is C13H11BrClNO2S. The van der Waals surface area contributed by atoms with Gasteiger partial charge >= 0.3 is 5.97 Å². The number of carboxylic acids is 1. The summed E-state index contributed by atoms with van der Waals surface area (Å²) in [6, 6.07) is 8.23. The fourth-order valence-electron chi connectivity index (χ4n) is 1.68. The Morgan fingerprint density at radius 1 is 1.47 bits per heavy atom. The van der Waals surface area contributed by atoms with Crippen LogP contribution in [0.2, 0.25) is 5.02 Å². The molecule has 1 aromatic carbocycles. The van der Waals surface area contributed by atoms with Crippen LogP contribution in [-0.2, 0) is 11.3 Å². The molecule has 0 aliphatic carbocycles. The van der Waals surface area contributed by atoms with Crippen molar-refractivity contribution in [2.45, 2.75) is 12.6 Å². The molecular weight excluding hydrogens is 350 g/mol. The Morgan fingerprint density at radius 3 is 2.89 bits per heavy atom. The lowest BCUT2D eigenvalue weighted by atomic mass is 10.1. The van der Waals surface area contributed by atoms with Crippen LogP contribution in [0.1, 0.15) is 16.5 Å². The third kappa shape index (κ3) is 3.79. The zero-order valence-corrected chi connectivity index (χ0v) is 12.9. The molecule has 2 aromatic rings. The zero-order chi connectivity index (χ0) is 13.8. The third-order valence-corrected chi connectivity index (χ3v) is 4.41. The molecule has 0 aliphatic rings. The summed E-state index contributed by atoms with van der Waals surface area (Å²) in [5, 5.41) is 14.9.